The standard InChI is InChI=1S/C28H23N3O4.C20H19N3O2.C8H6O3/c1-30(2)11-12-31-27(32)20-7-3-5-18-14-19-6-4-8-21(25(19)26(24(18)20)28(31)33)29-15-17-9-10-22-23(13-17)35-16-34-22;1-22(2)9-10-23-19(24)14-7-3-5-12-11-13-6-4-8-15(21)17(13)18(16(12)14)20(23)25;9-4-6-1-2-7-8(3-6)11-5-10-7/h3-10,13-15H,11-12,16H2,1-2H3;3-8,11H,9-10,21H2,1-2H3;1-4H,5H2. The lowest BCUT2D eigenvalue weighted by molar-refractivity contribution is 0.0587. The summed E-state index contributed by atoms with van der Waals surface area (Å²) >= 11 is 0. The van der Waals surface area contributed by atoms with Gasteiger partial charge in [-0.15, -0.1) is 0 Å². The lowest BCUT2D eigenvalue weighted by Crippen LogP contribution is -2.43. The first-order valence-corrected chi connectivity index (χ1v) is 22.9. The van der Waals surface area contributed by atoms with Crippen LogP contribution < -0.4 is 24.7 Å². The molecule has 0 aliphatic carbocycles. The second-order valence-electron chi connectivity index (χ2n) is 17.9. The fourth-order valence-electron chi connectivity index (χ4n) is 9.24. The summed E-state index contributed by atoms with van der Waals surface area (Å²) in [6, 6.07) is 37.3. The number of aliphatic imine (C=N–C) groups is 1. The second-order valence-corrected chi connectivity index (χ2v) is 17.9. The first kappa shape index (κ1) is 46.1. The van der Waals surface area contributed by atoms with Gasteiger partial charge in [-0.1, -0.05) is 48.5 Å². The lowest BCUT2D eigenvalue weighted by atomic mass is 9.89. The van der Waals surface area contributed by atoms with E-state index in [4.69, 9.17) is 29.7 Å². The van der Waals surface area contributed by atoms with Crippen molar-refractivity contribution in [2.45, 2.75) is 0 Å². The van der Waals surface area contributed by atoms with Crippen molar-refractivity contribution < 1.29 is 42.9 Å². The van der Waals surface area contributed by atoms with Crippen molar-refractivity contribution in [2.24, 2.45) is 4.99 Å². The molecule has 15 heteroatoms. The van der Waals surface area contributed by atoms with E-state index in [1.807, 2.05) is 123 Å². The van der Waals surface area contributed by atoms with Gasteiger partial charge in [-0.25, -0.2) is 0 Å². The Morgan fingerprint density at radius 2 is 0.972 bits per heavy atom. The van der Waals surface area contributed by atoms with Crippen molar-refractivity contribution in [2.75, 3.05) is 73.7 Å². The second kappa shape index (κ2) is 19.0. The number of nitrogen functional groups attached to an aromatic ring is 1. The zero-order chi connectivity index (χ0) is 49.5. The third-order valence-electron chi connectivity index (χ3n) is 12.7. The van der Waals surface area contributed by atoms with Crippen LogP contribution in [-0.4, -0.2) is 124 Å². The fraction of sp³-hybridized carbons (Fsp3) is 0.179. The quantitative estimate of drug-likeness (QED) is 0.0481. The first-order valence-electron chi connectivity index (χ1n) is 22.9. The summed E-state index contributed by atoms with van der Waals surface area (Å²) in [5, 5.41) is 6.46. The summed E-state index contributed by atoms with van der Waals surface area (Å²) in [6.07, 6.45) is 2.53. The Hall–Kier alpha value is -8.66. The molecule has 0 spiro atoms. The van der Waals surface area contributed by atoms with Gasteiger partial charge in [-0.3, -0.25) is 38.8 Å². The van der Waals surface area contributed by atoms with E-state index in [0.717, 1.165) is 44.2 Å². The van der Waals surface area contributed by atoms with Gasteiger partial charge in [0.25, 0.3) is 23.6 Å². The average molecular weight is 949 g/mol. The summed E-state index contributed by atoms with van der Waals surface area (Å²) in [5.74, 6) is 1.71. The van der Waals surface area contributed by atoms with Gasteiger partial charge in [0.05, 0.1) is 16.8 Å². The van der Waals surface area contributed by atoms with Gasteiger partial charge >= 0.3 is 0 Å². The summed E-state index contributed by atoms with van der Waals surface area (Å²) in [4.78, 5) is 74.9. The van der Waals surface area contributed by atoms with E-state index >= 15 is 0 Å². The van der Waals surface area contributed by atoms with Gasteiger partial charge in [-0.2, -0.15) is 0 Å². The van der Waals surface area contributed by atoms with Gasteiger partial charge < -0.3 is 34.5 Å². The summed E-state index contributed by atoms with van der Waals surface area (Å²) in [5.41, 5.74) is 11.1. The van der Waals surface area contributed by atoms with E-state index in [1.54, 1.807) is 42.6 Å². The fourth-order valence-corrected chi connectivity index (χ4v) is 9.24. The Kier molecular flexibility index (Phi) is 12.4. The minimum Gasteiger partial charge on any atom is -0.454 e. The molecule has 15 nitrogen and oxygen atoms in total. The van der Waals surface area contributed by atoms with Crippen LogP contribution in [0.1, 0.15) is 57.4 Å². The van der Waals surface area contributed by atoms with Crippen LogP contribution in [0.15, 0.2) is 126 Å². The number of ether oxygens (including phenoxy) is 4. The van der Waals surface area contributed by atoms with Crippen LogP contribution in [0.5, 0.6) is 23.0 Å². The predicted molar refractivity (Wildman–Crippen MR) is 273 cm³/mol. The Morgan fingerprint density at radius 1 is 0.521 bits per heavy atom. The highest BCUT2D eigenvalue weighted by atomic mass is 16.7. The molecule has 0 radical (unpaired) electrons. The molecule has 0 saturated carbocycles. The molecule has 0 atom stereocenters. The van der Waals surface area contributed by atoms with E-state index in [-0.39, 0.29) is 37.2 Å². The largest absolute Gasteiger partial charge is 0.454 e. The number of anilines is 1. The van der Waals surface area contributed by atoms with Gasteiger partial charge in [0.15, 0.2) is 23.0 Å². The van der Waals surface area contributed by atoms with Gasteiger partial charge in [0, 0.05) is 76.3 Å². The molecule has 0 bridgehead atoms. The van der Waals surface area contributed by atoms with Gasteiger partial charge in [-0.05, 0) is 128 Å². The molecule has 2 N–H and O–H groups in total. The molecule has 4 amide bonds. The number of likely N-dealkylation sites (N-methyl/N-ethyl adjacent to an activating group) is 2. The number of amides is 4. The van der Waals surface area contributed by atoms with Crippen molar-refractivity contribution >= 4 is 90.6 Å². The van der Waals surface area contributed by atoms with Crippen LogP contribution in [0.2, 0.25) is 0 Å². The maximum atomic E-state index is 13.8. The number of imide groups is 2. The Bertz CT molecular complexity index is 3550. The molecular weight excluding hydrogens is 901 g/mol. The molecule has 8 aromatic carbocycles. The van der Waals surface area contributed by atoms with Crippen LogP contribution in [0.25, 0.3) is 43.1 Å². The van der Waals surface area contributed by atoms with E-state index in [9.17, 15) is 24.0 Å². The number of aldehydes is 1. The number of hydrogen-bond donors (Lipinski definition) is 1. The molecule has 4 aliphatic rings. The van der Waals surface area contributed by atoms with Crippen LogP contribution in [0.3, 0.4) is 0 Å². The summed E-state index contributed by atoms with van der Waals surface area (Å²) in [7, 11) is 7.68. The minimum atomic E-state index is -0.281. The number of rotatable bonds is 9. The maximum Gasteiger partial charge on any atom is 0.262 e. The number of carbonyl (C=O) groups excluding carboxylic acids is 5. The lowest BCUT2D eigenvalue weighted by Gasteiger charge is -2.29. The van der Waals surface area contributed by atoms with Crippen molar-refractivity contribution in [3.8, 4) is 23.0 Å². The summed E-state index contributed by atoms with van der Waals surface area (Å²) in [6.45, 7) is 2.33. The monoisotopic (exact) mass is 948 g/mol. The third-order valence-corrected chi connectivity index (χ3v) is 12.7. The van der Waals surface area contributed by atoms with Crippen molar-refractivity contribution in [3.05, 3.63) is 155 Å². The number of carbonyl (C=O) groups is 5. The smallest absolute Gasteiger partial charge is 0.262 e. The van der Waals surface area contributed by atoms with Crippen LogP contribution >= 0.6 is 0 Å². The topological polar surface area (TPSA) is 174 Å². The number of benzene rings is 8. The van der Waals surface area contributed by atoms with E-state index in [0.29, 0.717) is 99.1 Å². The SMILES string of the molecule is CN(C)CCN1C(=O)c2cccc3cc4cccc(N)c4c(c23)C1=O.CN(C)CCN1C(=O)c2cccc3cc4cccc(N=Cc5ccc6c(c5)OCO6)c4c(c23)C1=O.O=Cc1ccc2c(c1)OCO2. The normalized spacial score (nSPS) is 14.3. The van der Waals surface area contributed by atoms with Crippen molar-refractivity contribution in [1.29, 1.82) is 0 Å². The highest BCUT2D eigenvalue weighted by molar-refractivity contribution is 6.33. The number of hydrogen-bond acceptors (Lipinski definition) is 13. The minimum absolute atomic E-state index is 0.211. The molecule has 0 fully saturated rings. The molecule has 356 valence electrons. The molecular formula is C56H48N6O9. The highest BCUT2D eigenvalue weighted by Gasteiger charge is 2.36. The molecule has 4 heterocycles. The molecule has 71 heavy (non-hydrogen) atoms. The summed E-state index contributed by atoms with van der Waals surface area (Å²) < 4.78 is 21.0. The molecule has 0 unspecified atom stereocenters. The molecule has 0 saturated heterocycles. The molecule has 8 aromatic rings. The Balaban J connectivity index is 0.000000140. The van der Waals surface area contributed by atoms with Gasteiger partial charge in [0.2, 0.25) is 13.6 Å². The molecule has 12 rings (SSSR count). The van der Waals surface area contributed by atoms with Crippen LogP contribution in [0.4, 0.5) is 11.4 Å². The Labute approximate surface area is 408 Å². The van der Waals surface area contributed by atoms with Crippen LogP contribution in [0, 0.1) is 0 Å². The number of nitrogens with zero attached hydrogens (tertiary/aromatic N) is 5. The van der Waals surface area contributed by atoms with E-state index < -0.39 is 0 Å². The van der Waals surface area contributed by atoms with E-state index in [2.05, 4.69) is 0 Å². The Morgan fingerprint density at radius 3 is 1.51 bits per heavy atom. The average Bonchev–Trinajstić information content (AvgIpc) is 4.05. The maximum absolute atomic E-state index is 13.8. The van der Waals surface area contributed by atoms with Crippen molar-refractivity contribution in [1.82, 2.24) is 19.6 Å². The van der Waals surface area contributed by atoms with E-state index in [1.165, 1.54) is 9.80 Å². The van der Waals surface area contributed by atoms with Gasteiger partial charge in [0.1, 0.15) is 6.29 Å². The zero-order valence-electron chi connectivity index (χ0n) is 39.4. The number of fused-ring (bicyclic) bond motifs is 6. The molecule has 0 aromatic heterocycles. The molecule has 4 aliphatic heterocycles. The third kappa shape index (κ3) is 8.62. The first-order chi connectivity index (χ1) is 34.4. The zero-order valence-corrected chi connectivity index (χ0v) is 39.4. The van der Waals surface area contributed by atoms with Crippen molar-refractivity contribution in [3.63, 3.8) is 0 Å². The number of nitrogens with two attached hydrogens (primary N) is 1. The van der Waals surface area contributed by atoms with Crippen LogP contribution in [-0.2, 0) is 0 Å². The highest BCUT2D eigenvalue weighted by Crippen LogP contribution is 2.41. The predicted octanol–water partition coefficient (Wildman–Crippen LogP) is 8.59.